The molecule has 202 valence electrons. The summed E-state index contributed by atoms with van der Waals surface area (Å²) in [6.45, 7) is 11.8. The number of amides is 2. The number of nitrogens with one attached hydrogen (secondary N) is 2. The number of rotatable bonds is 12. The first-order valence-electron chi connectivity index (χ1n) is 13.6. The minimum Gasteiger partial charge on any atom is -0.494 e. The maximum absolute atomic E-state index is 13.9. The topological polar surface area (TPSA) is 86.8 Å². The number of nitrogens with zero attached hydrogens (tertiary/aromatic N) is 3. The number of benzene rings is 2. The Kier molecular flexibility index (Phi) is 9.18. The summed E-state index contributed by atoms with van der Waals surface area (Å²) in [4.78, 5) is 35.2. The molecule has 8 heteroatoms. The average Bonchev–Trinajstić information content (AvgIpc) is 2.91. The first-order valence-corrected chi connectivity index (χ1v) is 13.6. The largest absolute Gasteiger partial charge is 0.494 e. The highest BCUT2D eigenvalue weighted by Gasteiger charge is 2.35. The third-order valence-corrected chi connectivity index (χ3v) is 6.70. The van der Waals surface area contributed by atoms with Crippen molar-refractivity contribution in [1.29, 1.82) is 0 Å². The Hall–Kier alpha value is -3.65. The van der Waals surface area contributed by atoms with Gasteiger partial charge in [-0.25, -0.2) is 0 Å². The van der Waals surface area contributed by atoms with Crippen molar-refractivity contribution in [1.82, 2.24) is 20.1 Å². The molecule has 2 N–H and O–H groups in total. The fourth-order valence-electron chi connectivity index (χ4n) is 4.93. The van der Waals surface area contributed by atoms with E-state index in [1.165, 1.54) is 0 Å². The van der Waals surface area contributed by atoms with Gasteiger partial charge in [-0.15, -0.1) is 0 Å². The summed E-state index contributed by atoms with van der Waals surface area (Å²) >= 11 is 0. The highest BCUT2D eigenvalue weighted by molar-refractivity contribution is 6.04. The van der Waals surface area contributed by atoms with Gasteiger partial charge < -0.3 is 25.2 Å². The van der Waals surface area contributed by atoms with Crippen LogP contribution in [0.15, 0.2) is 54.7 Å². The van der Waals surface area contributed by atoms with Crippen molar-refractivity contribution in [2.75, 3.05) is 38.1 Å². The molecule has 3 aromatic rings. The molecule has 1 unspecified atom stereocenters. The van der Waals surface area contributed by atoms with Crippen LogP contribution in [-0.4, -0.2) is 65.4 Å². The van der Waals surface area contributed by atoms with Crippen LogP contribution in [0, 0.1) is 0 Å². The summed E-state index contributed by atoms with van der Waals surface area (Å²) < 4.78 is 6.02. The van der Waals surface area contributed by atoms with E-state index in [1.54, 1.807) is 17.2 Å². The van der Waals surface area contributed by atoms with Gasteiger partial charge in [0.25, 0.3) is 5.91 Å². The molecule has 1 aliphatic rings. The molecule has 1 atom stereocenters. The van der Waals surface area contributed by atoms with E-state index >= 15 is 0 Å². The Balaban J connectivity index is 1.58. The predicted molar refractivity (Wildman–Crippen MR) is 151 cm³/mol. The fraction of sp³-hybridized carbons (Fsp3) is 0.433. The van der Waals surface area contributed by atoms with Crippen LogP contribution in [0.4, 0.5) is 5.69 Å². The second-order valence-electron chi connectivity index (χ2n) is 9.96. The maximum Gasteiger partial charge on any atom is 0.258 e. The molecular weight excluding hydrogens is 478 g/mol. The van der Waals surface area contributed by atoms with E-state index in [9.17, 15) is 9.59 Å². The zero-order valence-corrected chi connectivity index (χ0v) is 22.9. The Morgan fingerprint density at radius 3 is 2.76 bits per heavy atom. The molecule has 4 rings (SSSR count). The van der Waals surface area contributed by atoms with E-state index < -0.39 is 6.17 Å². The Bertz CT molecular complexity index is 1260. The number of anilines is 1. The Labute approximate surface area is 225 Å². The van der Waals surface area contributed by atoms with E-state index in [0.717, 1.165) is 48.9 Å². The molecule has 0 aliphatic carbocycles. The zero-order chi connectivity index (χ0) is 27.1. The zero-order valence-electron chi connectivity index (χ0n) is 22.9. The van der Waals surface area contributed by atoms with Crippen molar-refractivity contribution in [3.8, 4) is 5.75 Å². The number of hydrogen-bond donors (Lipinski definition) is 2. The maximum atomic E-state index is 13.9. The third kappa shape index (κ3) is 6.42. The molecule has 0 saturated carbocycles. The molecule has 1 aliphatic heterocycles. The van der Waals surface area contributed by atoms with E-state index in [4.69, 9.17) is 4.74 Å². The summed E-state index contributed by atoms with van der Waals surface area (Å²) in [6, 6.07) is 15.3. The lowest BCUT2D eigenvalue weighted by molar-refractivity contribution is -0.122. The van der Waals surface area contributed by atoms with Gasteiger partial charge in [-0.2, -0.15) is 0 Å². The van der Waals surface area contributed by atoms with Gasteiger partial charge in [0, 0.05) is 35.4 Å². The van der Waals surface area contributed by atoms with Crippen LogP contribution < -0.4 is 15.4 Å². The smallest absolute Gasteiger partial charge is 0.258 e. The van der Waals surface area contributed by atoms with Gasteiger partial charge in [-0.1, -0.05) is 32.0 Å². The lowest BCUT2D eigenvalue weighted by atomic mass is 10.00. The Morgan fingerprint density at radius 1 is 1.16 bits per heavy atom. The second kappa shape index (κ2) is 12.7. The molecule has 2 aromatic carbocycles. The standard InChI is InChI=1S/C30H39N5O3/c1-5-16-34(6-2)17-9-18-38-22-13-14-27-25(19-22)30(37)35(20-28(36)32-21(3)4)29(33-27)24-10-7-12-26-23(24)11-8-15-31-26/h7-8,10-15,19,21,29,33H,5-6,9,16-18,20H2,1-4H3,(H,32,36). The first kappa shape index (κ1) is 27.4. The minimum absolute atomic E-state index is 0.0243. The number of ether oxygens (including phenoxy) is 1. The monoisotopic (exact) mass is 517 g/mol. The summed E-state index contributed by atoms with van der Waals surface area (Å²) in [5.74, 6) is 0.230. The van der Waals surface area contributed by atoms with E-state index in [-0.39, 0.29) is 24.4 Å². The van der Waals surface area contributed by atoms with Gasteiger partial charge in [-0.05, 0) is 70.1 Å². The SMILES string of the molecule is CCCN(CC)CCCOc1ccc2c(c1)C(=O)N(CC(=O)NC(C)C)C(c1cccc3ncccc13)N2. The van der Waals surface area contributed by atoms with Crippen molar-refractivity contribution in [3.63, 3.8) is 0 Å². The van der Waals surface area contributed by atoms with Crippen LogP contribution >= 0.6 is 0 Å². The number of carbonyl (C=O) groups excluding carboxylic acids is 2. The molecule has 0 spiro atoms. The molecule has 2 amide bonds. The number of carbonyl (C=O) groups is 2. The molecule has 0 fully saturated rings. The predicted octanol–water partition coefficient (Wildman–Crippen LogP) is 4.83. The minimum atomic E-state index is -0.522. The third-order valence-electron chi connectivity index (χ3n) is 6.70. The molecule has 2 heterocycles. The highest BCUT2D eigenvalue weighted by atomic mass is 16.5. The van der Waals surface area contributed by atoms with Crippen LogP contribution in [0.3, 0.4) is 0 Å². The summed E-state index contributed by atoms with van der Waals surface area (Å²) in [5.41, 5.74) is 2.94. The lowest BCUT2D eigenvalue weighted by Gasteiger charge is -2.38. The van der Waals surface area contributed by atoms with Gasteiger partial charge in [0.05, 0.1) is 17.7 Å². The van der Waals surface area contributed by atoms with Crippen LogP contribution in [0.25, 0.3) is 10.9 Å². The normalized spacial score (nSPS) is 15.1. The van der Waals surface area contributed by atoms with Gasteiger partial charge in [0.15, 0.2) is 0 Å². The van der Waals surface area contributed by atoms with Gasteiger partial charge in [-0.3, -0.25) is 14.6 Å². The molecule has 0 saturated heterocycles. The van der Waals surface area contributed by atoms with E-state index in [0.29, 0.717) is 23.6 Å². The number of pyridine rings is 1. The molecular formula is C30H39N5O3. The molecule has 1 aromatic heterocycles. The van der Waals surface area contributed by atoms with Crippen LogP contribution in [0.1, 0.15) is 62.6 Å². The first-order chi connectivity index (χ1) is 18.4. The summed E-state index contributed by atoms with van der Waals surface area (Å²) in [7, 11) is 0. The highest BCUT2D eigenvalue weighted by Crippen LogP contribution is 2.37. The van der Waals surface area contributed by atoms with Gasteiger partial charge in [0.1, 0.15) is 18.5 Å². The second-order valence-corrected chi connectivity index (χ2v) is 9.96. The molecule has 38 heavy (non-hydrogen) atoms. The van der Waals surface area contributed by atoms with Crippen LogP contribution in [0.5, 0.6) is 5.75 Å². The van der Waals surface area contributed by atoms with Crippen molar-refractivity contribution in [2.24, 2.45) is 0 Å². The quantitative estimate of drug-likeness (QED) is 0.335. The number of aromatic nitrogens is 1. The van der Waals surface area contributed by atoms with Crippen molar-refractivity contribution >= 4 is 28.4 Å². The van der Waals surface area contributed by atoms with Crippen molar-refractivity contribution < 1.29 is 14.3 Å². The summed E-state index contributed by atoms with van der Waals surface area (Å²) in [5, 5.41) is 7.35. The number of hydrogen-bond acceptors (Lipinski definition) is 6. The summed E-state index contributed by atoms with van der Waals surface area (Å²) in [6.07, 6.45) is 3.28. The Morgan fingerprint density at radius 2 is 2.00 bits per heavy atom. The molecule has 8 nitrogen and oxygen atoms in total. The van der Waals surface area contributed by atoms with Gasteiger partial charge >= 0.3 is 0 Å². The van der Waals surface area contributed by atoms with Crippen molar-refractivity contribution in [2.45, 2.75) is 52.7 Å². The van der Waals surface area contributed by atoms with E-state index in [1.807, 2.05) is 56.3 Å². The lowest BCUT2D eigenvalue weighted by Crippen LogP contribution is -2.48. The van der Waals surface area contributed by atoms with E-state index in [2.05, 4.69) is 34.4 Å². The molecule has 0 radical (unpaired) electrons. The van der Waals surface area contributed by atoms with Crippen LogP contribution in [-0.2, 0) is 4.79 Å². The molecule has 0 bridgehead atoms. The van der Waals surface area contributed by atoms with Crippen LogP contribution in [0.2, 0.25) is 0 Å². The number of fused-ring (bicyclic) bond motifs is 2. The fourth-order valence-corrected chi connectivity index (χ4v) is 4.93. The van der Waals surface area contributed by atoms with Crippen molar-refractivity contribution in [3.05, 3.63) is 65.9 Å². The average molecular weight is 518 g/mol. The van der Waals surface area contributed by atoms with Gasteiger partial charge in [0.2, 0.25) is 5.91 Å².